The fourth-order valence-electron chi connectivity index (χ4n) is 4.66. The van der Waals surface area contributed by atoms with Crippen molar-refractivity contribution < 1.29 is 38.2 Å². The average Bonchev–Trinajstić information content (AvgIpc) is 3.53. The Hall–Kier alpha value is -4.47. The predicted molar refractivity (Wildman–Crippen MR) is 157 cm³/mol. The largest absolute Gasteiger partial charge is 0.463 e. The van der Waals surface area contributed by atoms with Crippen LogP contribution in [0.3, 0.4) is 0 Å². The molecule has 0 amide bonds. The third kappa shape index (κ3) is 8.55. The van der Waals surface area contributed by atoms with E-state index in [2.05, 4.69) is 15.0 Å². The van der Waals surface area contributed by atoms with E-state index in [0.29, 0.717) is 16.7 Å². The smallest absolute Gasteiger partial charge is 0.311 e. The van der Waals surface area contributed by atoms with Crippen molar-refractivity contribution in [3.63, 3.8) is 0 Å². The molecule has 15 heteroatoms. The monoisotopic (exact) mass is 612 g/mol. The van der Waals surface area contributed by atoms with Gasteiger partial charge in [0, 0.05) is 18.9 Å². The number of carbonyl (C=O) groups is 2. The summed E-state index contributed by atoms with van der Waals surface area (Å²) in [6, 6.07) is 6.23. The van der Waals surface area contributed by atoms with Crippen molar-refractivity contribution >= 4 is 35.0 Å². The standard InChI is InChI=1S/C29H36N6O9/c1-17(2)41-25-21(44-29(26(25)42-18(3)4)34-16-33-24-27(30)31-15-32-28(24)34)14-40-22(36)6-5-7-23(37)43-20-10-8-19(9-11-20)12-13-35(38)39/h8-13,15-18,21,25-26,29H,5-7,14H2,1-4H3,(H2,30,31,32)/b13-12+/t21-,25-,26-,29-/m1/s1. The fourth-order valence-corrected chi connectivity index (χ4v) is 4.66. The Labute approximate surface area is 253 Å². The Balaban J connectivity index is 1.33. The molecule has 0 unspecified atom stereocenters. The minimum atomic E-state index is -0.697. The van der Waals surface area contributed by atoms with Crippen molar-refractivity contribution in [2.45, 2.75) is 83.7 Å². The molecule has 3 aromatic rings. The summed E-state index contributed by atoms with van der Waals surface area (Å²) < 4.78 is 31.3. The summed E-state index contributed by atoms with van der Waals surface area (Å²) in [5.74, 6) is -0.509. The highest BCUT2D eigenvalue weighted by molar-refractivity contribution is 5.81. The first kappa shape index (κ1) is 32.4. The first-order chi connectivity index (χ1) is 21.0. The lowest BCUT2D eigenvalue weighted by Crippen LogP contribution is -2.41. The summed E-state index contributed by atoms with van der Waals surface area (Å²) in [5, 5.41) is 10.4. The van der Waals surface area contributed by atoms with Gasteiger partial charge in [0.2, 0.25) is 6.20 Å². The van der Waals surface area contributed by atoms with E-state index in [-0.39, 0.29) is 49.6 Å². The van der Waals surface area contributed by atoms with Gasteiger partial charge in [0.05, 0.1) is 23.5 Å². The van der Waals surface area contributed by atoms with Crippen molar-refractivity contribution in [1.29, 1.82) is 0 Å². The van der Waals surface area contributed by atoms with Gasteiger partial charge in [-0.25, -0.2) is 15.0 Å². The van der Waals surface area contributed by atoms with Gasteiger partial charge in [0.1, 0.15) is 42.5 Å². The molecule has 15 nitrogen and oxygen atoms in total. The maximum atomic E-state index is 12.6. The molecule has 0 saturated carbocycles. The number of benzene rings is 1. The van der Waals surface area contributed by atoms with Crippen LogP contribution >= 0.6 is 0 Å². The molecule has 0 spiro atoms. The highest BCUT2D eigenvalue weighted by Crippen LogP contribution is 2.37. The molecule has 1 saturated heterocycles. The van der Waals surface area contributed by atoms with Crippen LogP contribution in [0.25, 0.3) is 17.2 Å². The molecule has 2 aromatic heterocycles. The molecule has 1 aromatic carbocycles. The number of nitrogen functional groups attached to an aromatic ring is 1. The molecule has 1 aliphatic rings. The molecule has 4 rings (SSSR count). The zero-order valence-electron chi connectivity index (χ0n) is 24.9. The third-order valence-electron chi connectivity index (χ3n) is 6.48. The van der Waals surface area contributed by atoms with Crippen LogP contribution in [0, 0.1) is 10.1 Å². The number of ether oxygens (including phenoxy) is 5. The number of anilines is 1. The quantitative estimate of drug-likeness (QED) is 0.120. The van der Waals surface area contributed by atoms with Crippen LogP contribution in [0.2, 0.25) is 0 Å². The van der Waals surface area contributed by atoms with E-state index in [1.54, 1.807) is 23.0 Å². The van der Waals surface area contributed by atoms with Gasteiger partial charge < -0.3 is 29.4 Å². The maximum Gasteiger partial charge on any atom is 0.311 e. The number of aromatic nitrogens is 4. The van der Waals surface area contributed by atoms with E-state index in [1.807, 2.05) is 27.7 Å². The topological polar surface area (TPSA) is 193 Å². The Bertz CT molecular complexity index is 1470. The van der Waals surface area contributed by atoms with E-state index >= 15 is 0 Å². The zero-order valence-corrected chi connectivity index (χ0v) is 24.9. The first-order valence-corrected chi connectivity index (χ1v) is 14.2. The number of imidazole rings is 1. The molecule has 44 heavy (non-hydrogen) atoms. The Morgan fingerprint density at radius 3 is 2.41 bits per heavy atom. The second kappa shape index (κ2) is 14.8. The average molecular weight is 613 g/mol. The highest BCUT2D eigenvalue weighted by Gasteiger charge is 2.49. The minimum Gasteiger partial charge on any atom is -0.463 e. The van der Waals surface area contributed by atoms with Gasteiger partial charge in [-0.3, -0.25) is 24.3 Å². The Kier molecular flexibility index (Phi) is 10.9. The van der Waals surface area contributed by atoms with Crippen molar-refractivity contribution in [2.24, 2.45) is 0 Å². The normalized spacial score (nSPS) is 20.1. The van der Waals surface area contributed by atoms with E-state index in [1.165, 1.54) is 24.5 Å². The number of nitrogens with zero attached hydrogens (tertiary/aromatic N) is 5. The van der Waals surface area contributed by atoms with Gasteiger partial charge in [0.15, 0.2) is 17.7 Å². The van der Waals surface area contributed by atoms with Crippen molar-refractivity contribution in [3.05, 3.63) is 58.8 Å². The lowest BCUT2D eigenvalue weighted by Gasteiger charge is -2.28. The van der Waals surface area contributed by atoms with E-state index in [4.69, 9.17) is 29.4 Å². The summed E-state index contributed by atoms with van der Waals surface area (Å²) >= 11 is 0. The van der Waals surface area contributed by atoms with Crippen LogP contribution in [0.15, 0.2) is 43.1 Å². The van der Waals surface area contributed by atoms with Crippen molar-refractivity contribution in [3.8, 4) is 5.75 Å². The molecular formula is C29H36N6O9. The molecule has 1 aliphatic heterocycles. The van der Waals surface area contributed by atoms with Crippen LogP contribution in [0.5, 0.6) is 5.75 Å². The number of nitrogens with two attached hydrogens (primary N) is 1. The zero-order chi connectivity index (χ0) is 31.8. The number of esters is 2. The summed E-state index contributed by atoms with van der Waals surface area (Å²) in [5.41, 5.74) is 7.45. The summed E-state index contributed by atoms with van der Waals surface area (Å²) in [7, 11) is 0. The minimum absolute atomic E-state index is 0.0117. The molecular weight excluding hydrogens is 576 g/mol. The predicted octanol–water partition coefficient (Wildman–Crippen LogP) is 3.46. The van der Waals surface area contributed by atoms with Crippen LogP contribution in [0.4, 0.5) is 5.82 Å². The summed E-state index contributed by atoms with van der Waals surface area (Å²) in [6.45, 7) is 7.49. The molecule has 3 heterocycles. The van der Waals surface area contributed by atoms with Gasteiger partial charge in [-0.1, -0.05) is 12.1 Å². The van der Waals surface area contributed by atoms with E-state index < -0.39 is 41.4 Å². The first-order valence-electron chi connectivity index (χ1n) is 14.2. The lowest BCUT2D eigenvalue weighted by atomic mass is 10.1. The molecule has 0 bridgehead atoms. The molecule has 1 fully saturated rings. The van der Waals surface area contributed by atoms with Crippen LogP contribution < -0.4 is 10.5 Å². The Morgan fingerprint density at radius 2 is 1.73 bits per heavy atom. The molecule has 4 atom stereocenters. The maximum absolute atomic E-state index is 12.6. The van der Waals surface area contributed by atoms with E-state index in [0.717, 1.165) is 6.20 Å². The number of nitro groups is 1. The van der Waals surface area contributed by atoms with Gasteiger partial charge in [-0.2, -0.15) is 0 Å². The number of hydrogen-bond acceptors (Lipinski definition) is 13. The number of hydrogen-bond donors (Lipinski definition) is 1. The van der Waals surface area contributed by atoms with Gasteiger partial charge in [0.25, 0.3) is 0 Å². The Morgan fingerprint density at radius 1 is 1.05 bits per heavy atom. The molecule has 0 radical (unpaired) electrons. The van der Waals surface area contributed by atoms with Crippen LogP contribution in [0.1, 0.15) is 58.7 Å². The van der Waals surface area contributed by atoms with Crippen LogP contribution in [-0.2, 0) is 28.5 Å². The molecule has 236 valence electrons. The van der Waals surface area contributed by atoms with Gasteiger partial charge >= 0.3 is 11.9 Å². The van der Waals surface area contributed by atoms with Gasteiger partial charge in [-0.15, -0.1) is 0 Å². The SMILES string of the molecule is CC(C)O[C@@H]1[C@H](OC(C)C)[C@@H](COC(=O)CCCC(=O)Oc2ccc(/C=C/[N+](=O)[O-])cc2)O[C@H]1n1cnc2c(N)ncnc21. The number of rotatable bonds is 14. The van der Waals surface area contributed by atoms with Gasteiger partial charge in [-0.05, 0) is 51.8 Å². The highest BCUT2D eigenvalue weighted by atomic mass is 16.6. The van der Waals surface area contributed by atoms with Crippen molar-refractivity contribution in [1.82, 2.24) is 19.5 Å². The fraction of sp³-hybridized carbons (Fsp3) is 0.483. The second-order valence-electron chi connectivity index (χ2n) is 10.6. The lowest BCUT2D eigenvalue weighted by molar-refractivity contribution is -0.400. The molecule has 0 aliphatic carbocycles. The number of fused-ring (bicyclic) bond motifs is 1. The molecule has 2 N–H and O–H groups in total. The summed E-state index contributed by atoms with van der Waals surface area (Å²) in [4.78, 5) is 47.4. The van der Waals surface area contributed by atoms with Crippen molar-refractivity contribution in [2.75, 3.05) is 12.3 Å². The van der Waals surface area contributed by atoms with E-state index in [9.17, 15) is 19.7 Å². The summed E-state index contributed by atoms with van der Waals surface area (Å²) in [6.07, 6.45) is 2.37. The third-order valence-corrected chi connectivity index (χ3v) is 6.48. The van der Waals surface area contributed by atoms with Crippen LogP contribution in [-0.4, -0.2) is 73.5 Å². The second-order valence-corrected chi connectivity index (χ2v) is 10.6. The number of carbonyl (C=O) groups excluding carboxylic acids is 2.